The topological polar surface area (TPSA) is 146 Å². The predicted octanol–water partition coefficient (Wildman–Crippen LogP) is 1.29. The number of aliphatic hydroxyl groups excluding tert-OH is 2. The molecule has 1 saturated carbocycles. The molecule has 0 aromatic rings. The number of hydrogen-bond acceptors (Lipinski definition) is 10. The lowest BCUT2D eigenvalue weighted by Crippen LogP contribution is -2.67. The second-order valence-electron chi connectivity index (χ2n) is 7.58. The van der Waals surface area contributed by atoms with Crippen LogP contribution in [0.15, 0.2) is 34.9 Å². The molecule has 6 atom stereocenters. The van der Waals surface area contributed by atoms with Crippen molar-refractivity contribution in [3.63, 3.8) is 0 Å². The molecule has 0 aromatic heterocycles. The summed E-state index contributed by atoms with van der Waals surface area (Å²) in [6.45, 7) is 10.2. The van der Waals surface area contributed by atoms with Gasteiger partial charge >= 0.3 is 23.9 Å². The molecule has 0 aromatic carbocycles. The van der Waals surface area contributed by atoms with Gasteiger partial charge in [0.05, 0.1) is 0 Å². The third-order valence-corrected chi connectivity index (χ3v) is 5.29. The molecule has 10 nitrogen and oxygen atoms in total. The standard InChI is InChI=1S/C23H32O10/c1-8-11(4)21(27)31-18-16(26)20(33-23(29)13(6)10-3)19(32-22(28)12(5)9-2)15(25)17(18)30-14(7)24/h8-10,15-20,25-26H,1-7H3/b11-8-,12-9-,13-10-/t15-,16-,17+,18-,19+,20+/m1/s1. The maximum absolute atomic E-state index is 12.4. The Hall–Kier alpha value is -2.98. The number of esters is 4. The summed E-state index contributed by atoms with van der Waals surface area (Å²) >= 11 is 0. The van der Waals surface area contributed by atoms with Crippen molar-refractivity contribution in [3.8, 4) is 0 Å². The summed E-state index contributed by atoms with van der Waals surface area (Å²) < 4.78 is 21.1. The molecule has 184 valence electrons. The van der Waals surface area contributed by atoms with Crippen LogP contribution in [0, 0.1) is 0 Å². The third-order valence-electron chi connectivity index (χ3n) is 5.29. The Labute approximate surface area is 192 Å². The van der Waals surface area contributed by atoms with Gasteiger partial charge in [-0.25, -0.2) is 14.4 Å². The number of ether oxygens (including phenoxy) is 4. The van der Waals surface area contributed by atoms with Crippen LogP contribution in [-0.2, 0) is 38.1 Å². The highest BCUT2D eigenvalue weighted by atomic mass is 16.6. The van der Waals surface area contributed by atoms with Gasteiger partial charge in [0, 0.05) is 23.6 Å². The minimum Gasteiger partial charge on any atom is -0.456 e. The molecule has 10 heteroatoms. The highest BCUT2D eigenvalue weighted by Gasteiger charge is 2.57. The zero-order valence-electron chi connectivity index (χ0n) is 19.9. The molecule has 0 bridgehead atoms. The number of hydrogen-bond donors (Lipinski definition) is 2. The average molecular weight is 468 g/mol. The molecule has 1 rings (SSSR count). The van der Waals surface area contributed by atoms with E-state index in [-0.39, 0.29) is 16.7 Å². The van der Waals surface area contributed by atoms with E-state index < -0.39 is 60.5 Å². The van der Waals surface area contributed by atoms with Crippen LogP contribution in [0.25, 0.3) is 0 Å². The number of rotatable bonds is 7. The fraction of sp³-hybridized carbons (Fsp3) is 0.565. The number of carbonyl (C=O) groups is 4. The van der Waals surface area contributed by atoms with Gasteiger partial charge < -0.3 is 29.2 Å². The fourth-order valence-corrected chi connectivity index (χ4v) is 2.89. The molecule has 0 saturated heterocycles. The van der Waals surface area contributed by atoms with Crippen LogP contribution < -0.4 is 0 Å². The maximum atomic E-state index is 12.4. The van der Waals surface area contributed by atoms with E-state index in [1.807, 2.05) is 0 Å². The van der Waals surface area contributed by atoms with E-state index in [2.05, 4.69) is 0 Å². The Kier molecular flexibility index (Phi) is 10.5. The Morgan fingerprint density at radius 2 is 0.788 bits per heavy atom. The van der Waals surface area contributed by atoms with Gasteiger partial charge in [0.1, 0.15) is 12.2 Å². The Bertz CT molecular complexity index is 853. The normalized spacial score (nSPS) is 28.6. The van der Waals surface area contributed by atoms with E-state index in [0.29, 0.717) is 0 Å². The molecule has 0 unspecified atom stereocenters. The van der Waals surface area contributed by atoms with Crippen molar-refractivity contribution in [2.24, 2.45) is 0 Å². The van der Waals surface area contributed by atoms with Crippen LogP contribution >= 0.6 is 0 Å². The smallest absolute Gasteiger partial charge is 0.333 e. The average Bonchev–Trinajstić information content (AvgIpc) is 2.79. The Morgan fingerprint density at radius 1 is 0.545 bits per heavy atom. The summed E-state index contributed by atoms with van der Waals surface area (Å²) in [4.78, 5) is 48.9. The largest absolute Gasteiger partial charge is 0.456 e. The van der Waals surface area contributed by atoms with E-state index >= 15 is 0 Å². The second kappa shape index (κ2) is 12.3. The van der Waals surface area contributed by atoms with E-state index in [0.717, 1.165) is 6.92 Å². The summed E-state index contributed by atoms with van der Waals surface area (Å²) in [5.74, 6) is -3.39. The van der Waals surface area contributed by atoms with Crippen molar-refractivity contribution in [2.45, 2.75) is 85.1 Å². The van der Waals surface area contributed by atoms with Gasteiger partial charge in [-0.05, 0) is 41.5 Å². The molecule has 33 heavy (non-hydrogen) atoms. The summed E-state index contributed by atoms with van der Waals surface area (Å²) in [5, 5.41) is 22.0. The number of carbonyl (C=O) groups excluding carboxylic acids is 4. The van der Waals surface area contributed by atoms with Crippen LogP contribution in [-0.4, -0.2) is 70.7 Å². The maximum Gasteiger partial charge on any atom is 0.333 e. The summed E-state index contributed by atoms with van der Waals surface area (Å²) in [5.41, 5.74) is 0.563. The molecule has 0 radical (unpaired) electrons. The van der Waals surface area contributed by atoms with Crippen LogP contribution in [0.3, 0.4) is 0 Å². The lowest BCUT2D eigenvalue weighted by molar-refractivity contribution is -0.249. The zero-order chi connectivity index (χ0) is 25.5. The van der Waals surface area contributed by atoms with Crippen LogP contribution in [0.1, 0.15) is 48.5 Å². The van der Waals surface area contributed by atoms with Crippen molar-refractivity contribution < 1.29 is 48.3 Å². The number of allylic oxidation sites excluding steroid dienone is 3. The van der Waals surface area contributed by atoms with Crippen LogP contribution in [0.5, 0.6) is 0 Å². The molecule has 0 heterocycles. The van der Waals surface area contributed by atoms with Crippen molar-refractivity contribution in [3.05, 3.63) is 34.9 Å². The molecule has 0 amide bonds. The van der Waals surface area contributed by atoms with Gasteiger partial charge in [-0.15, -0.1) is 0 Å². The van der Waals surface area contributed by atoms with Gasteiger partial charge in [-0.3, -0.25) is 4.79 Å². The minimum atomic E-state index is -1.80. The first kappa shape index (κ1) is 28.1. The second-order valence-corrected chi connectivity index (χ2v) is 7.58. The molecule has 0 aliphatic heterocycles. The molecule has 1 aliphatic rings. The van der Waals surface area contributed by atoms with Crippen molar-refractivity contribution in [1.82, 2.24) is 0 Å². The van der Waals surface area contributed by atoms with E-state index in [9.17, 15) is 29.4 Å². The van der Waals surface area contributed by atoms with Crippen LogP contribution in [0.4, 0.5) is 0 Å². The Morgan fingerprint density at radius 3 is 1.00 bits per heavy atom. The lowest BCUT2D eigenvalue weighted by atomic mass is 9.84. The molecular weight excluding hydrogens is 436 g/mol. The van der Waals surface area contributed by atoms with Crippen molar-refractivity contribution >= 4 is 23.9 Å². The first-order valence-corrected chi connectivity index (χ1v) is 10.4. The monoisotopic (exact) mass is 468 g/mol. The molecule has 1 fully saturated rings. The molecule has 1 aliphatic carbocycles. The summed E-state index contributed by atoms with van der Waals surface area (Å²) in [6.07, 6.45) is -5.68. The lowest BCUT2D eigenvalue weighted by Gasteiger charge is -2.45. The highest BCUT2D eigenvalue weighted by Crippen LogP contribution is 2.32. The molecule has 2 N–H and O–H groups in total. The zero-order valence-corrected chi connectivity index (χ0v) is 19.9. The van der Waals surface area contributed by atoms with Crippen molar-refractivity contribution in [2.75, 3.05) is 0 Å². The van der Waals surface area contributed by atoms with E-state index in [1.165, 1.54) is 39.0 Å². The number of aliphatic hydroxyl groups is 2. The highest BCUT2D eigenvalue weighted by molar-refractivity contribution is 5.89. The van der Waals surface area contributed by atoms with E-state index in [1.54, 1.807) is 20.8 Å². The SMILES string of the molecule is C/C=C(/C)C(=O)O[C@@H]1[C@@H](O)[C@H](OC(=O)/C(C)=C\C)[C@@H](OC(=O)/C(C)=C\C)[C@H](O)[C@@H]1OC(C)=O. The minimum absolute atomic E-state index is 0.187. The van der Waals surface area contributed by atoms with Gasteiger partial charge in [-0.2, -0.15) is 0 Å². The van der Waals surface area contributed by atoms with Gasteiger partial charge in [0.15, 0.2) is 24.4 Å². The van der Waals surface area contributed by atoms with Crippen molar-refractivity contribution in [1.29, 1.82) is 0 Å². The van der Waals surface area contributed by atoms with Gasteiger partial charge in [0.2, 0.25) is 0 Å². The first-order chi connectivity index (χ1) is 15.4. The van der Waals surface area contributed by atoms with Crippen LogP contribution in [0.2, 0.25) is 0 Å². The van der Waals surface area contributed by atoms with Gasteiger partial charge in [-0.1, -0.05) is 18.2 Å². The quantitative estimate of drug-likeness (QED) is 0.318. The molecule has 0 spiro atoms. The first-order valence-electron chi connectivity index (χ1n) is 10.4. The third kappa shape index (κ3) is 7.00. The fourth-order valence-electron chi connectivity index (χ4n) is 2.89. The molecular formula is C23H32O10. The summed E-state index contributed by atoms with van der Waals surface area (Å²) in [6, 6.07) is 0. The van der Waals surface area contributed by atoms with Gasteiger partial charge in [0.25, 0.3) is 0 Å². The summed E-state index contributed by atoms with van der Waals surface area (Å²) in [7, 11) is 0. The predicted molar refractivity (Wildman–Crippen MR) is 116 cm³/mol. The Balaban J connectivity index is 3.49. The van der Waals surface area contributed by atoms with E-state index in [4.69, 9.17) is 18.9 Å².